The van der Waals surface area contributed by atoms with Crippen LogP contribution in [0.4, 0.5) is 0 Å². The quantitative estimate of drug-likeness (QED) is 0.677. The molecule has 1 aliphatic heterocycles. The number of carbonyl (C=O) groups excluding carboxylic acids is 3. The summed E-state index contributed by atoms with van der Waals surface area (Å²) >= 11 is 0. The van der Waals surface area contributed by atoms with Crippen LogP contribution in [0.5, 0.6) is 0 Å². The summed E-state index contributed by atoms with van der Waals surface area (Å²) in [5.74, 6) is -0.198. The smallest absolute Gasteiger partial charge is 0.249 e. The monoisotopic (exact) mass is 425 g/mol. The van der Waals surface area contributed by atoms with E-state index in [9.17, 15) is 14.4 Å². The maximum atomic E-state index is 12.6. The van der Waals surface area contributed by atoms with Gasteiger partial charge in [-0.2, -0.15) is 4.98 Å². The molecule has 9 nitrogen and oxygen atoms in total. The number of fused-ring (bicyclic) bond motifs is 1. The maximum Gasteiger partial charge on any atom is 0.249 e. The Morgan fingerprint density at radius 1 is 1.23 bits per heavy atom. The molecule has 9 heteroatoms. The van der Waals surface area contributed by atoms with Gasteiger partial charge in [0.1, 0.15) is 6.04 Å². The van der Waals surface area contributed by atoms with Crippen molar-refractivity contribution < 1.29 is 18.9 Å². The van der Waals surface area contributed by atoms with Crippen molar-refractivity contribution in [3.8, 4) is 11.4 Å². The molecular formula is C22H27N5O4. The molecule has 0 bridgehead atoms. The second kappa shape index (κ2) is 8.95. The third kappa shape index (κ3) is 4.35. The molecule has 0 unspecified atom stereocenters. The van der Waals surface area contributed by atoms with Gasteiger partial charge in [-0.1, -0.05) is 31.8 Å². The first kappa shape index (κ1) is 21.1. The van der Waals surface area contributed by atoms with Gasteiger partial charge in [0, 0.05) is 30.9 Å². The van der Waals surface area contributed by atoms with Crippen molar-refractivity contribution in [2.45, 2.75) is 52.0 Å². The number of imide groups is 1. The molecule has 2 aromatic heterocycles. The molecule has 1 aliphatic carbocycles. The normalized spacial score (nSPS) is 22.0. The fourth-order valence-corrected chi connectivity index (χ4v) is 4.40. The van der Waals surface area contributed by atoms with E-state index < -0.39 is 6.04 Å². The van der Waals surface area contributed by atoms with Crippen molar-refractivity contribution in [2.24, 2.45) is 17.8 Å². The Bertz CT molecular complexity index is 934. The molecule has 2 fully saturated rings. The fourth-order valence-electron chi connectivity index (χ4n) is 4.40. The van der Waals surface area contributed by atoms with E-state index in [0.29, 0.717) is 11.7 Å². The van der Waals surface area contributed by atoms with Crippen LogP contribution in [0.3, 0.4) is 0 Å². The van der Waals surface area contributed by atoms with Gasteiger partial charge < -0.3 is 9.84 Å². The molecule has 0 spiro atoms. The lowest BCUT2D eigenvalue weighted by atomic mass is 9.81. The Hall–Kier alpha value is -3.10. The average Bonchev–Trinajstić information content (AvgIpc) is 3.35. The topological polar surface area (TPSA) is 118 Å². The Kier molecular flexibility index (Phi) is 6.11. The molecular weight excluding hydrogens is 398 g/mol. The lowest BCUT2D eigenvalue weighted by Crippen LogP contribution is -2.37. The first-order chi connectivity index (χ1) is 15.0. The number of hydrogen-bond acceptors (Lipinski definition) is 7. The molecule has 1 N–H and O–H groups in total. The standard InChI is InChI=1S/C22H27N5O4/c1-13(2)18(20-25-19(26-31-20)14-6-5-10-23-12-14)24-17(28)9-11-27-21(29)15-7-3-4-8-16(15)22(27)30/h5-6,10,12-13,15-16,18H,3-4,7-9,11H2,1-2H3,(H,24,28)/t15-,16+,18-/m1/s1. The minimum Gasteiger partial charge on any atom is -0.344 e. The third-order valence-electron chi connectivity index (χ3n) is 6.11. The Morgan fingerprint density at radius 3 is 2.55 bits per heavy atom. The third-order valence-corrected chi connectivity index (χ3v) is 6.11. The van der Waals surface area contributed by atoms with Crippen LogP contribution in [-0.4, -0.2) is 44.3 Å². The maximum absolute atomic E-state index is 12.6. The summed E-state index contributed by atoms with van der Waals surface area (Å²) in [6, 6.07) is 3.13. The first-order valence-corrected chi connectivity index (χ1v) is 10.8. The van der Waals surface area contributed by atoms with Gasteiger partial charge in [0.25, 0.3) is 0 Å². The van der Waals surface area contributed by atoms with E-state index in [1.54, 1.807) is 18.5 Å². The molecule has 164 valence electrons. The van der Waals surface area contributed by atoms with Gasteiger partial charge in [0.05, 0.1) is 11.8 Å². The van der Waals surface area contributed by atoms with Crippen molar-refractivity contribution in [2.75, 3.05) is 6.54 Å². The lowest BCUT2D eigenvalue weighted by Gasteiger charge is -2.20. The van der Waals surface area contributed by atoms with Crippen LogP contribution >= 0.6 is 0 Å². The lowest BCUT2D eigenvalue weighted by molar-refractivity contribution is -0.140. The Morgan fingerprint density at radius 2 is 1.94 bits per heavy atom. The predicted molar refractivity (Wildman–Crippen MR) is 110 cm³/mol. The van der Waals surface area contributed by atoms with Gasteiger partial charge in [-0.3, -0.25) is 24.3 Å². The molecule has 1 saturated heterocycles. The molecule has 0 aromatic carbocycles. The molecule has 3 heterocycles. The molecule has 2 aromatic rings. The number of aromatic nitrogens is 3. The minimum atomic E-state index is -0.474. The van der Waals surface area contributed by atoms with Gasteiger partial charge >= 0.3 is 0 Å². The zero-order chi connectivity index (χ0) is 22.0. The van der Waals surface area contributed by atoms with E-state index in [1.165, 1.54) is 4.90 Å². The highest BCUT2D eigenvalue weighted by atomic mass is 16.5. The Balaban J connectivity index is 1.38. The van der Waals surface area contributed by atoms with Crippen LogP contribution in [0.25, 0.3) is 11.4 Å². The van der Waals surface area contributed by atoms with Crippen molar-refractivity contribution in [3.63, 3.8) is 0 Å². The van der Waals surface area contributed by atoms with E-state index in [0.717, 1.165) is 31.2 Å². The van der Waals surface area contributed by atoms with E-state index in [2.05, 4.69) is 20.4 Å². The number of pyridine rings is 1. The van der Waals surface area contributed by atoms with Crippen LogP contribution in [0.1, 0.15) is 57.9 Å². The van der Waals surface area contributed by atoms with Crippen LogP contribution in [-0.2, 0) is 14.4 Å². The number of nitrogens with zero attached hydrogens (tertiary/aromatic N) is 4. The molecule has 31 heavy (non-hydrogen) atoms. The van der Waals surface area contributed by atoms with E-state index in [4.69, 9.17) is 4.52 Å². The van der Waals surface area contributed by atoms with Crippen LogP contribution in [0, 0.1) is 17.8 Å². The fraction of sp³-hybridized carbons (Fsp3) is 0.545. The highest BCUT2D eigenvalue weighted by Crippen LogP contribution is 2.38. The van der Waals surface area contributed by atoms with E-state index in [1.807, 2.05) is 19.9 Å². The van der Waals surface area contributed by atoms with E-state index in [-0.39, 0.29) is 48.4 Å². The number of nitrogens with one attached hydrogen (secondary N) is 1. The second-order valence-electron chi connectivity index (χ2n) is 8.56. The molecule has 2 aliphatic rings. The molecule has 4 rings (SSSR count). The predicted octanol–water partition coefficient (Wildman–Crippen LogP) is 2.51. The Labute approximate surface area is 180 Å². The zero-order valence-corrected chi connectivity index (χ0v) is 17.8. The molecule has 3 atom stereocenters. The summed E-state index contributed by atoms with van der Waals surface area (Å²) in [6.45, 7) is 3.99. The summed E-state index contributed by atoms with van der Waals surface area (Å²) in [6.07, 6.45) is 6.84. The summed E-state index contributed by atoms with van der Waals surface area (Å²) < 4.78 is 5.40. The minimum absolute atomic E-state index is 0.00377. The number of rotatable bonds is 7. The summed E-state index contributed by atoms with van der Waals surface area (Å²) in [5.41, 5.74) is 0.721. The van der Waals surface area contributed by atoms with Gasteiger partial charge in [-0.05, 0) is 30.9 Å². The number of likely N-dealkylation sites (tertiary alicyclic amines) is 1. The first-order valence-electron chi connectivity index (χ1n) is 10.8. The molecule has 3 amide bonds. The highest BCUT2D eigenvalue weighted by Gasteiger charge is 2.47. The average molecular weight is 425 g/mol. The SMILES string of the molecule is CC(C)[C@@H](NC(=O)CCN1C(=O)[C@H]2CCCC[C@H]2C1=O)c1nc(-c2cccnc2)no1. The summed E-state index contributed by atoms with van der Waals surface area (Å²) in [4.78, 5) is 47.5. The molecule has 1 saturated carbocycles. The summed E-state index contributed by atoms with van der Waals surface area (Å²) in [7, 11) is 0. The number of carbonyl (C=O) groups is 3. The van der Waals surface area contributed by atoms with Crippen molar-refractivity contribution >= 4 is 17.7 Å². The number of amides is 3. The van der Waals surface area contributed by atoms with Crippen molar-refractivity contribution in [1.29, 1.82) is 0 Å². The van der Waals surface area contributed by atoms with Crippen LogP contribution in [0.2, 0.25) is 0 Å². The van der Waals surface area contributed by atoms with Gasteiger partial charge in [0.15, 0.2) is 0 Å². The van der Waals surface area contributed by atoms with Crippen LogP contribution < -0.4 is 5.32 Å². The van der Waals surface area contributed by atoms with Crippen molar-refractivity contribution in [1.82, 2.24) is 25.3 Å². The van der Waals surface area contributed by atoms with E-state index >= 15 is 0 Å². The molecule has 0 radical (unpaired) electrons. The second-order valence-corrected chi connectivity index (χ2v) is 8.56. The van der Waals surface area contributed by atoms with Crippen molar-refractivity contribution in [3.05, 3.63) is 30.4 Å². The van der Waals surface area contributed by atoms with Gasteiger partial charge in [-0.15, -0.1) is 0 Å². The zero-order valence-electron chi connectivity index (χ0n) is 17.8. The highest BCUT2D eigenvalue weighted by molar-refractivity contribution is 6.05. The largest absolute Gasteiger partial charge is 0.344 e. The van der Waals surface area contributed by atoms with Crippen LogP contribution in [0.15, 0.2) is 29.0 Å². The number of hydrogen-bond donors (Lipinski definition) is 1. The van der Waals surface area contributed by atoms with Gasteiger partial charge in [0.2, 0.25) is 29.4 Å². The van der Waals surface area contributed by atoms with Gasteiger partial charge in [-0.25, -0.2) is 0 Å². The summed E-state index contributed by atoms with van der Waals surface area (Å²) in [5, 5.41) is 6.91.